The van der Waals surface area contributed by atoms with Crippen molar-refractivity contribution in [2.75, 3.05) is 13.8 Å². The number of para-hydroxylation sites is 1. The van der Waals surface area contributed by atoms with E-state index in [1.165, 1.54) is 35.6 Å². The number of likely N-dealkylation sites (N-methyl/N-ethyl adjacent to an activating group) is 1. The molecule has 0 spiro atoms. The summed E-state index contributed by atoms with van der Waals surface area (Å²) in [6.07, 6.45) is 2.73. The zero-order chi connectivity index (χ0) is 20.5. The van der Waals surface area contributed by atoms with Crippen molar-refractivity contribution in [3.63, 3.8) is 0 Å². The molecule has 1 aromatic heterocycles. The van der Waals surface area contributed by atoms with E-state index in [1.807, 2.05) is 31.2 Å². The maximum absolute atomic E-state index is 12.7. The third kappa shape index (κ3) is 3.64. The number of nitrogens with zero attached hydrogens (tertiary/aromatic N) is 3. The highest BCUT2D eigenvalue weighted by molar-refractivity contribution is 7.18. The molecule has 0 radical (unpaired) electrons. The molecule has 0 fully saturated rings. The molecule has 3 aromatic rings. The van der Waals surface area contributed by atoms with Crippen LogP contribution in [0.15, 0.2) is 42.5 Å². The van der Waals surface area contributed by atoms with Gasteiger partial charge in [0.2, 0.25) is 12.7 Å². The van der Waals surface area contributed by atoms with Gasteiger partial charge >= 0.3 is 0 Å². The number of benzene rings is 2. The summed E-state index contributed by atoms with van der Waals surface area (Å²) >= 11 is 1.54. The van der Waals surface area contributed by atoms with Crippen LogP contribution < -0.4 is 9.47 Å². The van der Waals surface area contributed by atoms with Gasteiger partial charge in [-0.15, -0.1) is 11.3 Å². The maximum atomic E-state index is 12.7. The Bertz CT molecular complexity index is 1110. The van der Waals surface area contributed by atoms with E-state index in [9.17, 15) is 14.9 Å². The fourth-order valence-electron chi connectivity index (χ4n) is 2.94. The van der Waals surface area contributed by atoms with Crippen LogP contribution in [0.25, 0.3) is 16.3 Å². The lowest BCUT2D eigenvalue weighted by atomic mass is 10.1. The lowest BCUT2D eigenvalue weighted by Gasteiger charge is -2.21. The minimum absolute atomic E-state index is 0.0149. The largest absolute Gasteiger partial charge is 0.454 e. The van der Waals surface area contributed by atoms with E-state index >= 15 is 0 Å². The number of thiazole rings is 1. The molecule has 0 aliphatic carbocycles. The third-order valence-electron chi connectivity index (χ3n) is 4.72. The Labute approximate surface area is 170 Å². The van der Waals surface area contributed by atoms with Gasteiger partial charge in [0, 0.05) is 13.1 Å². The quantitative estimate of drug-likeness (QED) is 0.355. The predicted octanol–water partition coefficient (Wildman–Crippen LogP) is 4.17. The second kappa shape index (κ2) is 7.51. The number of amides is 1. The number of carbonyl (C=O) groups is 1. The first-order valence-electron chi connectivity index (χ1n) is 8.82. The molecule has 29 heavy (non-hydrogen) atoms. The highest BCUT2D eigenvalue weighted by atomic mass is 32.1. The Morgan fingerprint density at radius 2 is 2.03 bits per heavy atom. The topological polar surface area (TPSA) is 94.8 Å². The fraction of sp³-hybridized carbons (Fsp3) is 0.200. The third-order valence-corrected chi connectivity index (χ3v) is 5.93. The molecule has 0 saturated carbocycles. The molecule has 8 nitrogen and oxygen atoms in total. The SMILES string of the molecule is C[C@@H](c1nc2ccccc2s1)N(C)C(=O)/C=C\c1cc2c(cc1[N+](=O)[O-])OCO2. The van der Waals surface area contributed by atoms with Gasteiger partial charge in [-0.2, -0.15) is 0 Å². The molecule has 0 bridgehead atoms. The molecule has 2 heterocycles. The summed E-state index contributed by atoms with van der Waals surface area (Å²) in [5, 5.41) is 12.2. The number of nitro benzene ring substituents is 1. The van der Waals surface area contributed by atoms with Crippen molar-refractivity contribution in [2.24, 2.45) is 0 Å². The van der Waals surface area contributed by atoms with Gasteiger partial charge in [0.1, 0.15) is 5.01 Å². The van der Waals surface area contributed by atoms with Crippen LogP contribution in [0.1, 0.15) is 23.5 Å². The number of hydrogen-bond acceptors (Lipinski definition) is 7. The summed E-state index contributed by atoms with van der Waals surface area (Å²) in [6, 6.07) is 10.4. The van der Waals surface area contributed by atoms with Crippen LogP contribution in [0.4, 0.5) is 5.69 Å². The Balaban J connectivity index is 1.55. The van der Waals surface area contributed by atoms with Gasteiger partial charge in [0.15, 0.2) is 11.5 Å². The van der Waals surface area contributed by atoms with E-state index in [4.69, 9.17) is 9.47 Å². The van der Waals surface area contributed by atoms with Crippen molar-refractivity contribution in [3.8, 4) is 11.5 Å². The van der Waals surface area contributed by atoms with Crippen LogP contribution >= 0.6 is 11.3 Å². The lowest BCUT2D eigenvalue weighted by Crippen LogP contribution is -2.27. The monoisotopic (exact) mass is 411 g/mol. The molecule has 0 saturated heterocycles. The van der Waals surface area contributed by atoms with Crippen molar-refractivity contribution < 1.29 is 19.2 Å². The van der Waals surface area contributed by atoms with Crippen LogP contribution in [0.5, 0.6) is 11.5 Å². The first-order valence-corrected chi connectivity index (χ1v) is 9.64. The van der Waals surface area contributed by atoms with E-state index in [1.54, 1.807) is 11.9 Å². The Morgan fingerprint density at radius 3 is 2.76 bits per heavy atom. The molecule has 4 rings (SSSR count). The average molecular weight is 411 g/mol. The van der Waals surface area contributed by atoms with E-state index in [-0.39, 0.29) is 30.0 Å². The summed E-state index contributed by atoms with van der Waals surface area (Å²) in [5.41, 5.74) is 1.01. The zero-order valence-corrected chi connectivity index (χ0v) is 16.5. The van der Waals surface area contributed by atoms with Crippen LogP contribution in [-0.4, -0.2) is 34.6 Å². The number of ether oxygens (including phenoxy) is 2. The summed E-state index contributed by atoms with van der Waals surface area (Å²) in [6.45, 7) is 1.91. The Morgan fingerprint density at radius 1 is 1.31 bits per heavy atom. The smallest absolute Gasteiger partial charge is 0.280 e. The van der Waals surface area contributed by atoms with Crippen molar-refractivity contribution in [1.82, 2.24) is 9.88 Å². The van der Waals surface area contributed by atoms with Gasteiger partial charge in [-0.1, -0.05) is 12.1 Å². The molecule has 2 aromatic carbocycles. The number of nitro groups is 1. The number of hydrogen-bond donors (Lipinski definition) is 0. The average Bonchev–Trinajstić information content (AvgIpc) is 3.36. The highest BCUT2D eigenvalue weighted by Crippen LogP contribution is 2.38. The molecule has 148 valence electrons. The molecule has 1 atom stereocenters. The molecule has 1 amide bonds. The van der Waals surface area contributed by atoms with E-state index in [2.05, 4.69) is 4.98 Å². The Kier molecular flexibility index (Phi) is 4.89. The van der Waals surface area contributed by atoms with Crippen LogP contribution in [-0.2, 0) is 4.79 Å². The van der Waals surface area contributed by atoms with Gasteiger partial charge < -0.3 is 14.4 Å². The number of rotatable bonds is 5. The van der Waals surface area contributed by atoms with Crippen molar-refractivity contribution in [3.05, 3.63) is 63.2 Å². The first kappa shape index (κ1) is 18.9. The summed E-state index contributed by atoms with van der Waals surface area (Å²) < 4.78 is 11.5. The van der Waals surface area contributed by atoms with Crippen LogP contribution in [0.2, 0.25) is 0 Å². The van der Waals surface area contributed by atoms with Crippen molar-refractivity contribution >= 4 is 39.2 Å². The predicted molar refractivity (Wildman–Crippen MR) is 109 cm³/mol. The van der Waals surface area contributed by atoms with E-state index in [0.717, 1.165) is 15.2 Å². The van der Waals surface area contributed by atoms with Gasteiger partial charge in [-0.3, -0.25) is 14.9 Å². The number of fused-ring (bicyclic) bond motifs is 2. The van der Waals surface area contributed by atoms with Crippen molar-refractivity contribution in [1.29, 1.82) is 0 Å². The Hall–Kier alpha value is -3.46. The summed E-state index contributed by atoms with van der Waals surface area (Å²) in [5.74, 6) is 0.448. The summed E-state index contributed by atoms with van der Waals surface area (Å²) in [7, 11) is 1.68. The van der Waals surface area contributed by atoms with E-state index in [0.29, 0.717) is 11.5 Å². The summed E-state index contributed by atoms with van der Waals surface area (Å²) in [4.78, 5) is 29.6. The van der Waals surface area contributed by atoms with E-state index < -0.39 is 4.92 Å². The first-order chi connectivity index (χ1) is 13.9. The molecule has 0 unspecified atom stereocenters. The zero-order valence-electron chi connectivity index (χ0n) is 15.7. The fourth-order valence-corrected chi connectivity index (χ4v) is 4.01. The molecular weight excluding hydrogens is 394 g/mol. The van der Waals surface area contributed by atoms with Crippen LogP contribution in [0, 0.1) is 10.1 Å². The van der Waals surface area contributed by atoms with Gasteiger partial charge in [0.05, 0.1) is 32.8 Å². The van der Waals surface area contributed by atoms with Crippen molar-refractivity contribution in [2.45, 2.75) is 13.0 Å². The molecular formula is C20H17N3O5S. The normalized spacial score (nSPS) is 13.7. The lowest BCUT2D eigenvalue weighted by molar-refractivity contribution is -0.385. The second-order valence-electron chi connectivity index (χ2n) is 6.50. The number of carbonyl (C=O) groups excluding carboxylic acids is 1. The second-order valence-corrected chi connectivity index (χ2v) is 7.56. The molecule has 1 aliphatic heterocycles. The molecule has 0 N–H and O–H groups in total. The highest BCUT2D eigenvalue weighted by Gasteiger charge is 2.23. The van der Waals surface area contributed by atoms with Crippen LogP contribution in [0.3, 0.4) is 0 Å². The number of aromatic nitrogens is 1. The van der Waals surface area contributed by atoms with Gasteiger partial charge in [-0.05, 0) is 31.2 Å². The molecule has 9 heteroatoms. The minimum Gasteiger partial charge on any atom is -0.454 e. The maximum Gasteiger partial charge on any atom is 0.280 e. The molecule has 1 aliphatic rings. The minimum atomic E-state index is -0.514. The van der Waals surface area contributed by atoms with Gasteiger partial charge in [0.25, 0.3) is 5.69 Å². The standard InChI is InChI=1S/C20H17N3O5S/c1-12(20-21-14-5-3-4-6-18(14)29-20)22(2)19(24)8-7-13-9-16-17(28-11-27-16)10-15(13)23(25)26/h3-10,12H,11H2,1-2H3/b8-7-/t12-/m0/s1. The van der Waals surface area contributed by atoms with Gasteiger partial charge in [-0.25, -0.2) is 4.98 Å².